The van der Waals surface area contributed by atoms with Crippen LogP contribution in [0.5, 0.6) is 0 Å². The molecule has 1 aromatic carbocycles. The number of ether oxygens (including phenoxy) is 2. The molecule has 0 heterocycles. The van der Waals surface area contributed by atoms with Gasteiger partial charge in [-0.25, -0.2) is 0 Å². The number of amides is 1. The van der Waals surface area contributed by atoms with Gasteiger partial charge in [0.1, 0.15) is 18.8 Å². The van der Waals surface area contributed by atoms with E-state index in [0.717, 1.165) is 25.7 Å². The van der Waals surface area contributed by atoms with Gasteiger partial charge in [-0.3, -0.25) is 14.4 Å². The van der Waals surface area contributed by atoms with Gasteiger partial charge in [-0.1, -0.05) is 44.0 Å². The van der Waals surface area contributed by atoms with Crippen molar-refractivity contribution in [2.45, 2.75) is 78.2 Å². The largest absolute Gasteiger partial charge is 0.463 e. The molecule has 0 fully saturated rings. The predicted octanol–water partition coefficient (Wildman–Crippen LogP) is 3.74. The Kier molecular flexibility index (Phi) is 11.0. The summed E-state index contributed by atoms with van der Waals surface area (Å²) < 4.78 is 10.3. The summed E-state index contributed by atoms with van der Waals surface area (Å²) in [5.41, 5.74) is 1.73. The lowest BCUT2D eigenvalue weighted by Crippen LogP contribution is -2.55. The molecule has 162 valence electrons. The summed E-state index contributed by atoms with van der Waals surface area (Å²) >= 11 is 0. The quantitative estimate of drug-likeness (QED) is 0.399. The Morgan fingerprint density at radius 1 is 0.828 bits per heavy atom. The molecular formula is C23H35NO5. The highest BCUT2D eigenvalue weighted by atomic mass is 16.5. The van der Waals surface area contributed by atoms with E-state index in [1.807, 2.05) is 0 Å². The van der Waals surface area contributed by atoms with Gasteiger partial charge in [0.05, 0.1) is 0 Å². The van der Waals surface area contributed by atoms with Crippen molar-refractivity contribution in [3.05, 3.63) is 35.4 Å². The molecule has 1 N–H and O–H groups in total. The van der Waals surface area contributed by atoms with Crippen LogP contribution in [0.25, 0.3) is 0 Å². The highest BCUT2D eigenvalue weighted by molar-refractivity contribution is 5.74. The van der Waals surface area contributed by atoms with Crippen LogP contribution in [0.1, 0.15) is 70.9 Å². The second-order valence-electron chi connectivity index (χ2n) is 7.65. The third-order valence-electron chi connectivity index (χ3n) is 4.76. The lowest BCUT2D eigenvalue weighted by Gasteiger charge is -2.33. The summed E-state index contributed by atoms with van der Waals surface area (Å²) in [7, 11) is 0. The van der Waals surface area contributed by atoms with Crippen LogP contribution in [0.4, 0.5) is 0 Å². The van der Waals surface area contributed by atoms with Crippen LogP contribution >= 0.6 is 0 Å². The van der Waals surface area contributed by atoms with E-state index < -0.39 is 17.5 Å². The number of nitrogens with one attached hydrogen (secondary N) is 1. The van der Waals surface area contributed by atoms with E-state index in [0.29, 0.717) is 6.42 Å². The maximum Gasteiger partial charge on any atom is 0.302 e. The minimum Gasteiger partial charge on any atom is -0.463 e. The van der Waals surface area contributed by atoms with Gasteiger partial charge >= 0.3 is 11.9 Å². The fourth-order valence-corrected chi connectivity index (χ4v) is 3.22. The van der Waals surface area contributed by atoms with Gasteiger partial charge in [0, 0.05) is 20.8 Å². The fourth-order valence-electron chi connectivity index (χ4n) is 3.22. The smallest absolute Gasteiger partial charge is 0.302 e. The first-order valence-electron chi connectivity index (χ1n) is 10.4. The van der Waals surface area contributed by atoms with Crippen LogP contribution in [0.2, 0.25) is 0 Å². The number of rotatable bonds is 13. The van der Waals surface area contributed by atoms with Crippen molar-refractivity contribution in [1.29, 1.82) is 0 Å². The normalized spacial score (nSPS) is 11.0. The summed E-state index contributed by atoms with van der Waals surface area (Å²) in [5.74, 6) is -1.14. The minimum atomic E-state index is -0.910. The molecule has 0 aromatic heterocycles. The second kappa shape index (κ2) is 13.0. The Morgan fingerprint density at radius 2 is 1.31 bits per heavy atom. The van der Waals surface area contributed by atoms with Crippen molar-refractivity contribution in [2.75, 3.05) is 13.2 Å². The van der Waals surface area contributed by atoms with Crippen molar-refractivity contribution >= 4 is 17.8 Å². The number of carbonyl (C=O) groups is 3. The zero-order chi connectivity index (χ0) is 21.7. The van der Waals surface area contributed by atoms with E-state index >= 15 is 0 Å². The number of hydrogen-bond acceptors (Lipinski definition) is 5. The Balaban J connectivity index is 2.65. The molecule has 1 aromatic rings. The molecule has 0 aliphatic carbocycles. The first kappa shape index (κ1) is 24.7. The third kappa shape index (κ3) is 10.7. The first-order chi connectivity index (χ1) is 13.8. The molecule has 0 saturated carbocycles. The van der Waals surface area contributed by atoms with Gasteiger partial charge in [0.2, 0.25) is 5.91 Å². The third-order valence-corrected chi connectivity index (χ3v) is 4.76. The summed E-state index contributed by atoms with van der Waals surface area (Å²) in [6.07, 6.45) is 6.68. The zero-order valence-electron chi connectivity index (χ0n) is 18.2. The fraction of sp³-hybridized carbons (Fsp3) is 0.609. The molecule has 6 nitrogen and oxygen atoms in total. The van der Waals surface area contributed by atoms with Gasteiger partial charge in [0.15, 0.2) is 0 Å². The number of carbonyl (C=O) groups excluding carboxylic acids is 3. The number of aryl methyl sites for hydroxylation is 2. The van der Waals surface area contributed by atoms with Crippen LogP contribution in [0.3, 0.4) is 0 Å². The number of hydrogen-bond donors (Lipinski definition) is 1. The van der Waals surface area contributed by atoms with Crippen LogP contribution in [-0.4, -0.2) is 36.6 Å². The summed E-state index contributed by atoms with van der Waals surface area (Å²) in [5, 5.41) is 2.84. The molecule has 6 heteroatoms. The van der Waals surface area contributed by atoms with E-state index in [2.05, 4.69) is 36.5 Å². The molecule has 0 spiro atoms. The van der Waals surface area contributed by atoms with E-state index in [9.17, 15) is 14.4 Å². The molecule has 0 aliphatic heterocycles. The SMILES string of the molecule is CCCCc1ccc(CCCCC(COC(C)=O)(COC(C)=O)NC(C)=O)cc1. The van der Waals surface area contributed by atoms with E-state index in [4.69, 9.17) is 9.47 Å². The topological polar surface area (TPSA) is 81.7 Å². The molecule has 0 atom stereocenters. The molecular weight excluding hydrogens is 370 g/mol. The Labute approximate surface area is 174 Å². The highest BCUT2D eigenvalue weighted by Gasteiger charge is 2.33. The molecule has 0 radical (unpaired) electrons. The molecule has 0 unspecified atom stereocenters. The van der Waals surface area contributed by atoms with Crippen molar-refractivity contribution in [3.63, 3.8) is 0 Å². The van der Waals surface area contributed by atoms with Gasteiger partial charge in [-0.15, -0.1) is 0 Å². The standard InChI is InChI=1S/C23H35NO5/c1-5-6-9-21-11-13-22(14-12-21)10-7-8-15-23(24-18(2)25,16-28-19(3)26)17-29-20(4)27/h11-14H,5-10,15-17H2,1-4H3,(H,24,25). The summed E-state index contributed by atoms with van der Waals surface area (Å²) in [4.78, 5) is 34.3. The van der Waals surface area contributed by atoms with Crippen LogP contribution in [0, 0.1) is 0 Å². The summed E-state index contributed by atoms with van der Waals surface area (Å²) in [6.45, 7) is 6.17. The van der Waals surface area contributed by atoms with E-state index in [1.165, 1.54) is 44.7 Å². The van der Waals surface area contributed by atoms with E-state index in [1.54, 1.807) is 0 Å². The average Bonchev–Trinajstić information content (AvgIpc) is 2.67. The predicted molar refractivity (Wildman–Crippen MR) is 112 cm³/mol. The van der Waals surface area contributed by atoms with Crippen LogP contribution in [-0.2, 0) is 36.7 Å². The monoisotopic (exact) mass is 405 g/mol. The molecule has 0 saturated heterocycles. The minimum absolute atomic E-state index is 0.0265. The number of esters is 2. The van der Waals surface area contributed by atoms with Crippen LogP contribution in [0.15, 0.2) is 24.3 Å². The van der Waals surface area contributed by atoms with Gasteiger partial charge < -0.3 is 14.8 Å². The lowest BCUT2D eigenvalue weighted by molar-refractivity contribution is -0.150. The van der Waals surface area contributed by atoms with Gasteiger partial charge in [0.25, 0.3) is 0 Å². The van der Waals surface area contributed by atoms with Crippen molar-refractivity contribution in [1.82, 2.24) is 5.32 Å². The molecule has 1 rings (SSSR count). The maximum absolute atomic E-state index is 11.7. The van der Waals surface area contributed by atoms with E-state index in [-0.39, 0.29) is 19.1 Å². The lowest BCUT2D eigenvalue weighted by atomic mass is 9.92. The molecule has 0 bridgehead atoms. The van der Waals surface area contributed by atoms with Crippen molar-refractivity contribution in [3.8, 4) is 0 Å². The second-order valence-corrected chi connectivity index (χ2v) is 7.65. The first-order valence-corrected chi connectivity index (χ1v) is 10.4. The van der Waals surface area contributed by atoms with Gasteiger partial charge in [-0.05, 0) is 43.2 Å². The Morgan fingerprint density at radius 3 is 1.72 bits per heavy atom. The Bertz CT molecular complexity index is 636. The molecule has 0 aliphatic rings. The zero-order valence-corrected chi connectivity index (χ0v) is 18.2. The number of unbranched alkanes of at least 4 members (excludes halogenated alkanes) is 2. The number of benzene rings is 1. The average molecular weight is 406 g/mol. The van der Waals surface area contributed by atoms with Crippen LogP contribution < -0.4 is 5.32 Å². The van der Waals surface area contributed by atoms with Gasteiger partial charge in [-0.2, -0.15) is 0 Å². The highest BCUT2D eigenvalue weighted by Crippen LogP contribution is 2.19. The summed E-state index contributed by atoms with van der Waals surface area (Å²) in [6, 6.07) is 8.72. The maximum atomic E-state index is 11.7. The Hall–Kier alpha value is -2.37. The molecule has 1 amide bonds. The van der Waals surface area contributed by atoms with Crippen molar-refractivity contribution < 1.29 is 23.9 Å². The van der Waals surface area contributed by atoms with Crippen molar-refractivity contribution in [2.24, 2.45) is 0 Å². The molecule has 29 heavy (non-hydrogen) atoms.